The molecule has 1 heterocycles. The van der Waals surface area contributed by atoms with Gasteiger partial charge in [-0.25, -0.2) is 0 Å². The first-order chi connectivity index (χ1) is 10.1. The van der Waals surface area contributed by atoms with Crippen LogP contribution in [0.15, 0.2) is 36.7 Å². The largest absolute Gasteiger partial charge is 0.378 e. The van der Waals surface area contributed by atoms with Crippen molar-refractivity contribution in [3.05, 3.63) is 47.8 Å². The molecule has 0 fully saturated rings. The molecule has 4 nitrogen and oxygen atoms in total. The van der Waals surface area contributed by atoms with E-state index in [4.69, 9.17) is 0 Å². The fraction of sp³-hybridized carbons (Fsp3) is 0.471. The highest BCUT2D eigenvalue weighted by Crippen LogP contribution is 2.22. The van der Waals surface area contributed by atoms with E-state index in [1.54, 1.807) is 0 Å². The predicted octanol–water partition coefficient (Wildman–Crippen LogP) is 2.77. The van der Waals surface area contributed by atoms with Crippen LogP contribution in [0, 0.1) is 0 Å². The second-order valence-corrected chi connectivity index (χ2v) is 5.72. The number of nitrogens with zero attached hydrogens (tertiary/aromatic N) is 3. The van der Waals surface area contributed by atoms with Gasteiger partial charge < -0.3 is 10.2 Å². The normalized spacial score (nSPS) is 12.4. The minimum Gasteiger partial charge on any atom is -0.378 e. The summed E-state index contributed by atoms with van der Waals surface area (Å²) in [6, 6.07) is 9.08. The van der Waals surface area contributed by atoms with Crippen LogP contribution < -0.4 is 10.2 Å². The molecule has 1 unspecified atom stereocenters. The molecule has 1 aromatic carbocycles. The van der Waals surface area contributed by atoms with E-state index in [1.165, 1.54) is 16.8 Å². The van der Waals surface area contributed by atoms with E-state index in [0.29, 0.717) is 6.04 Å². The third-order valence-electron chi connectivity index (χ3n) is 3.63. The van der Waals surface area contributed by atoms with Gasteiger partial charge in [0, 0.05) is 39.1 Å². The van der Waals surface area contributed by atoms with E-state index in [1.807, 2.05) is 17.9 Å². The molecule has 21 heavy (non-hydrogen) atoms. The second-order valence-electron chi connectivity index (χ2n) is 5.72. The van der Waals surface area contributed by atoms with Gasteiger partial charge in [-0.05, 0) is 42.6 Å². The van der Waals surface area contributed by atoms with Crippen molar-refractivity contribution in [2.24, 2.45) is 7.05 Å². The summed E-state index contributed by atoms with van der Waals surface area (Å²) < 4.78 is 1.86. The quantitative estimate of drug-likeness (QED) is 0.849. The standard InChI is InChI=1S/C17H26N4/c1-5-9-18-17(10-14-12-19-21(4)13-14)15-7-6-8-16(11-15)20(2)3/h6-8,11-13,17-18H,5,9-10H2,1-4H3. The van der Waals surface area contributed by atoms with E-state index in [2.05, 4.69) is 66.8 Å². The number of rotatable bonds is 7. The average molecular weight is 286 g/mol. The highest BCUT2D eigenvalue weighted by Gasteiger charge is 2.13. The SMILES string of the molecule is CCCNC(Cc1cnn(C)c1)c1cccc(N(C)C)c1. The van der Waals surface area contributed by atoms with Gasteiger partial charge in [-0.2, -0.15) is 5.10 Å². The Morgan fingerprint density at radius 3 is 2.76 bits per heavy atom. The molecule has 2 aromatic rings. The molecule has 0 bridgehead atoms. The van der Waals surface area contributed by atoms with Gasteiger partial charge in [0.15, 0.2) is 0 Å². The summed E-state index contributed by atoms with van der Waals surface area (Å²) in [4.78, 5) is 2.14. The third kappa shape index (κ3) is 4.33. The van der Waals surface area contributed by atoms with Gasteiger partial charge in [-0.15, -0.1) is 0 Å². The lowest BCUT2D eigenvalue weighted by Crippen LogP contribution is -2.24. The van der Waals surface area contributed by atoms with Crippen LogP contribution in [0.25, 0.3) is 0 Å². The molecule has 114 valence electrons. The molecule has 0 amide bonds. The minimum atomic E-state index is 0.328. The van der Waals surface area contributed by atoms with Crippen LogP contribution in [0.5, 0.6) is 0 Å². The maximum absolute atomic E-state index is 4.27. The van der Waals surface area contributed by atoms with Gasteiger partial charge in [0.1, 0.15) is 0 Å². The number of aryl methyl sites for hydroxylation is 1. The third-order valence-corrected chi connectivity index (χ3v) is 3.63. The van der Waals surface area contributed by atoms with E-state index in [0.717, 1.165) is 19.4 Å². The van der Waals surface area contributed by atoms with Gasteiger partial charge in [0.2, 0.25) is 0 Å². The molecule has 2 rings (SSSR count). The summed E-state index contributed by atoms with van der Waals surface area (Å²) >= 11 is 0. The van der Waals surface area contributed by atoms with Crippen LogP contribution in [0.2, 0.25) is 0 Å². The summed E-state index contributed by atoms with van der Waals surface area (Å²) in [6.07, 6.45) is 6.15. The van der Waals surface area contributed by atoms with Crippen LogP contribution in [0.1, 0.15) is 30.5 Å². The van der Waals surface area contributed by atoms with Gasteiger partial charge >= 0.3 is 0 Å². The van der Waals surface area contributed by atoms with E-state index in [9.17, 15) is 0 Å². The lowest BCUT2D eigenvalue weighted by atomic mass is 10.00. The number of hydrogen-bond acceptors (Lipinski definition) is 3. The first kappa shape index (κ1) is 15.6. The van der Waals surface area contributed by atoms with E-state index in [-0.39, 0.29) is 0 Å². The second kappa shape index (κ2) is 7.27. The zero-order valence-corrected chi connectivity index (χ0v) is 13.5. The smallest absolute Gasteiger partial charge is 0.0522 e. The van der Waals surface area contributed by atoms with Crippen LogP contribution in [0.3, 0.4) is 0 Å². The van der Waals surface area contributed by atoms with E-state index < -0.39 is 0 Å². The number of aromatic nitrogens is 2. The van der Waals surface area contributed by atoms with Gasteiger partial charge in [-0.1, -0.05) is 19.1 Å². The van der Waals surface area contributed by atoms with Crippen molar-refractivity contribution in [2.45, 2.75) is 25.8 Å². The summed E-state index contributed by atoms with van der Waals surface area (Å²) in [5, 5.41) is 7.92. The Morgan fingerprint density at radius 2 is 2.14 bits per heavy atom. The molecule has 1 aromatic heterocycles. The summed E-state index contributed by atoms with van der Waals surface area (Å²) in [5.74, 6) is 0. The first-order valence-electron chi connectivity index (χ1n) is 7.58. The molecule has 0 radical (unpaired) electrons. The predicted molar refractivity (Wildman–Crippen MR) is 88.7 cm³/mol. The molecule has 4 heteroatoms. The molecular weight excluding hydrogens is 260 g/mol. The molecule has 0 saturated carbocycles. The zero-order valence-electron chi connectivity index (χ0n) is 13.5. The minimum absolute atomic E-state index is 0.328. The fourth-order valence-electron chi connectivity index (χ4n) is 2.46. The summed E-state index contributed by atoms with van der Waals surface area (Å²) in [6.45, 7) is 3.22. The Kier molecular flexibility index (Phi) is 5.39. The zero-order chi connectivity index (χ0) is 15.2. The molecule has 1 N–H and O–H groups in total. The van der Waals surface area contributed by atoms with Crippen molar-refractivity contribution in [2.75, 3.05) is 25.5 Å². The Bertz CT molecular complexity index is 559. The van der Waals surface area contributed by atoms with Gasteiger partial charge in [0.25, 0.3) is 0 Å². The van der Waals surface area contributed by atoms with Crippen LogP contribution in [-0.2, 0) is 13.5 Å². The van der Waals surface area contributed by atoms with E-state index >= 15 is 0 Å². The van der Waals surface area contributed by atoms with Crippen LogP contribution in [0.4, 0.5) is 5.69 Å². The Balaban J connectivity index is 2.20. The summed E-state index contributed by atoms with van der Waals surface area (Å²) in [7, 11) is 6.12. The highest BCUT2D eigenvalue weighted by atomic mass is 15.2. The lowest BCUT2D eigenvalue weighted by Gasteiger charge is -2.21. The number of nitrogens with one attached hydrogen (secondary N) is 1. The maximum atomic E-state index is 4.27. The van der Waals surface area contributed by atoms with Crippen LogP contribution >= 0.6 is 0 Å². The number of hydrogen-bond donors (Lipinski definition) is 1. The molecule has 0 saturated heterocycles. The van der Waals surface area contributed by atoms with Crippen molar-refractivity contribution in [3.63, 3.8) is 0 Å². The first-order valence-corrected chi connectivity index (χ1v) is 7.58. The average Bonchev–Trinajstić information content (AvgIpc) is 2.89. The van der Waals surface area contributed by atoms with Crippen molar-refractivity contribution >= 4 is 5.69 Å². The van der Waals surface area contributed by atoms with Crippen LogP contribution in [-0.4, -0.2) is 30.4 Å². The molecule has 0 spiro atoms. The number of benzene rings is 1. The highest BCUT2D eigenvalue weighted by molar-refractivity contribution is 5.48. The topological polar surface area (TPSA) is 33.1 Å². The molecule has 0 aliphatic carbocycles. The van der Waals surface area contributed by atoms with Crippen molar-refractivity contribution in [1.29, 1.82) is 0 Å². The monoisotopic (exact) mass is 286 g/mol. The molecule has 1 atom stereocenters. The Morgan fingerprint density at radius 1 is 1.33 bits per heavy atom. The molecule has 0 aliphatic heterocycles. The summed E-state index contributed by atoms with van der Waals surface area (Å²) in [5.41, 5.74) is 3.84. The van der Waals surface area contributed by atoms with Gasteiger partial charge in [-0.3, -0.25) is 4.68 Å². The fourth-order valence-corrected chi connectivity index (χ4v) is 2.46. The lowest BCUT2D eigenvalue weighted by molar-refractivity contribution is 0.529. The number of anilines is 1. The molecule has 0 aliphatic rings. The Hall–Kier alpha value is -1.81. The van der Waals surface area contributed by atoms with Crippen molar-refractivity contribution < 1.29 is 0 Å². The van der Waals surface area contributed by atoms with Crippen molar-refractivity contribution in [3.8, 4) is 0 Å². The van der Waals surface area contributed by atoms with Crippen molar-refractivity contribution in [1.82, 2.24) is 15.1 Å². The Labute approximate surface area is 127 Å². The maximum Gasteiger partial charge on any atom is 0.0522 e. The molecular formula is C17H26N4. The van der Waals surface area contributed by atoms with Gasteiger partial charge in [0.05, 0.1) is 6.20 Å².